The van der Waals surface area contributed by atoms with E-state index in [4.69, 9.17) is 20.8 Å². The van der Waals surface area contributed by atoms with Gasteiger partial charge in [0.2, 0.25) is 5.13 Å². The van der Waals surface area contributed by atoms with Crippen molar-refractivity contribution in [2.45, 2.75) is 0 Å². The van der Waals surface area contributed by atoms with Gasteiger partial charge in [0.15, 0.2) is 0 Å². The molecule has 0 aliphatic carbocycles. The summed E-state index contributed by atoms with van der Waals surface area (Å²) >= 11 is 7.63. The van der Waals surface area contributed by atoms with E-state index in [0.717, 1.165) is 22.1 Å². The molecule has 2 heterocycles. The zero-order valence-electron chi connectivity index (χ0n) is 13.3. The molecule has 6 heteroatoms. The molecule has 0 amide bonds. The first-order chi connectivity index (χ1) is 12.2. The van der Waals surface area contributed by atoms with E-state index in [0.29, 0.717) is 21.5 Å². The molecule has 2 aromatic heterocycles. The molecule has 0 aliphatic rings. The number of hydrogen-bond donors (Lipinski definition) is 0. The van der Waals surface area contributed by atoms with Crippen molar-refractivity contribution in [2.24, 2.45) is 4.99 Å². The molecule has 0 radical (unpaired) electrons. The molecule has 25 heavy (non-hydrogen) atoms. The van der Waals surface area contributed by atoms with Gasteiger partial charge >= 0.3 is 0 Å². The Kier molecular flexibility index (Phi) is 4.26. The third kappa shape index (κ3) is 3.29. The lowest BCUT2D eigenvalue weighted by molar-refractivity contribution is 0.415. The highest BCUT2D eigenvalue weighted by Crippen LogP contribution is 2.26. The molecule has 0 fully saturated rings. The summed E-state index contributed by atoms with van der Waals surface area (Å²) < 4.78 is 11.3. The fourth-order valence-electron chi connectivity index (χ4n) is 2.51. The smallest absolute Gasteiger partial charge is 0.209 e. The van der Waals surface area contributed by atoms with Gasteiger partial charge in [-0.1, -0.05) is 11.6 Å². The van der Waals surface area contributed by atoms with Crippen LogP contribution in [-0.2, 0) is 0 Å². The normalized spacial score (nSPS) is 11.8. The fraction of sp³-hybridized carbons (Fsp3) is 0.0526. The first-order valence-corrected chi connectivity index (χ1v) is 8.81. The third-order valence-electron chi connectivity index (χ3n) is 3.72. The highest BCUT2D eigenvalue weighted by Gasteiger charge is 2.08. The molecule has 124 valence electrons. The van der Waals surface area contributed by atoms with E-state index < -0.39 is 0 Å². The number of rotatable bonds is 3. The first-order valence-electron chi connectivity index (χ1n) is 7.55. The Morgan fingerprint density at radius 3 is 2.68 bits per heavy atom. The van der Waals surface area contributed by atoms with Crippen LogP contribution in [0.15, 0.2) is 69.5 Å². The third-order valence-corrected chi connectivity index (χ3v) is 4.62. The molecule has 0 saturated heterocycles. The number of methoxy groups -OCH3 is 1. The number of halogens is 1. The van der Waals surface area contributed by atoms with Gasteiger partial charge in [-0.15, -0.1) is 11.3 Å². The number of thiazole rings is 1. The molecule has 2 aromatic carbocycles. The predicted molar refractivity (Wildman–Crippen MR) is 101 cm³/mol. The molecule has 0 N–H and O–H groups in total. The van der Waals surface area contributed by atoms with E-state index in [9.17, 15) is 0 Å². The maximum Gasteiger partial charge on any atom is 0.209 e. The molecule has 4 nitrogen and oxygen atoms in total. The zero-order chi connectivity index (χ0) is 17.2. The lowest BCUT2D eigenvalue weighted by Gasteiger charge is -2.06. The first kappa shape index (κ1) is 15.9. The van der Waals surface area contributed by atoms with Crippen LogP contribution in [0.4, 0.5) is 5.13 Å². The van der Waals surface area contributed by atoms with Crippen molar-refractivity contribution in [3.8, 4) is 17.1 Å². The van der Waals surface area contributed by atoms with Gasteiger partial charge in [0.1, 0.15) is 17.1 Å². The topological polar surface area (TPSA) is 47.6 Å². The average Bonchev–Trinajstić information content (AvgIpc) is 3.15. The van der Waals surface area contributed by atoms with Crippen molar-refractivity contribution in [3.05, 3.63) is 70.5 Å². The van der Waals surface area contributed by atoms with Crippen LogP contribution in [0.3, 0.4) is 0 Å². The van der Waals surface area contributed by atoms with E-state index >= 15 is 0 Å². The molecular formula is C19H13ClN2O2S. The van der Waals surface area contributed by atoms with Crippen molar-refractivity contribution in [2.75, 3.05) is 7.11 Å². The standard InChI is InChI=1S/C19H13ClN2O2S/c1-23-14-5-2-12(3-6-14)18-11-16(22-19-21-8-9-25-19)15-10-13(20)4-7-17(15)24-18/h2-11H,1H3. The van der Waals surface area contributed by atoms with Crippen molar-refractivity contribution < 1.29 is 9.15 Å². The van der Waals surface area contributed by atoms with E-state index in [2.05, 4.69) is 9.98 Å². The molecule has 0 aliphatic heterocycles. The highest BCUT2D eigenvalue weighted by molar-refractivity contribution is 7.13. The molecule has 4 aromatic rings. The summed E-state index contributed by atoms with van der Waals surface area (Å²) in [5.41, 5.74) is 1.65. The van der Waals surface area contributed by atoms with Crippen molar-refractivity contribution >= 4 is 39.0 Å². The number of fused-ring (bicyclic) bond motifs is 1. The minimum atomic E-state index is 0.635. The zero-order valence-corrected chi connectivity index (χ0v) is 14.8. The minimum absolute atomic E-state index is 0.635. The maximum absolute atomic E-state index is 6.15. The average molecular weight is 369 g/mol. The number of aromatic nitrogens is 1. The molecule has 0 saturated carbocycles. The van der Waals surface area contributed by atoms with Crippen LogP contribution in [-0.4, -0.2) is 12.1 Å². The van der Waals surface area contributed by atoms with Gasteiger partial charge in [0.05, 0.1) is 12.5 Å². The Morgan fingerprint density at radius 2 is 1.96 bits per heavy atom. The second-order valence-corrected chi connectivity index (χ2v) is 6.60. The Labute approximate surface area is 153 Å². The molecule has 0 spiro atoms. The van der Waals surface area contributed by atoms with E-state index in [1.807, 2.05) is 47.8 Å². The Morgan fingerprint density at radius 1 is 1.12 bits per heavy atom. The Hall–Kier alpha value is -2.63. The van der Waals surface area contributed by atoms with Crippen molar-refractivity contribution in [1.82, 2.24) is 4.98 Å². The SMILES string of the molecule is COc1ccc(-c2cc(=Nc3nccs3)c3cc(Cl)ccc3o2)cc1. The Balaban J connectivity index is 1.96. The fourth-order valence-corrected chi connectivity index (χ4v) is 3.19. The van der Waals surface area contributed by atoms with Gasteiger partial charge in [-0.2, -0.15) is 0 Å². The van der Waals surface area contributed by atoms with Crippen molar-refractivity contribution in [3.63, 3.8) is 0 Å². The lowest BCUT2D eigenvalue weighted by atomic mass is 10.1. The molecule has 4 rings (SSSR count). The maximum atomic E-state index is 6.15. The number of nitrogens with zero attached hydrogens (tertiary/aromatic N) is 2. The highest BCUT2D eigenvalue weighted by atomic mass is 35.5. The van der Waals surface area contributed by atoms with Gasteiger partial charge in [-0.25, -0.2) is 9.98 Å². The minimum Gasteiger partial charge on any atom is -0.497 e. The molecule has 0 atom stereocenters. The van der Waals surface area contributed by atoms with Gasteiger partial charge in [0.25, 0.3) is 0 Å². The second-order valence-electron chi connectivity index (χ2n) is 5.29. The summed E-state index contributed by atoms with van der Waals surface area (Å²) in [5, 5.41) is 4.83. The van der Waals surface area contributed by atoms with Crippen LogP contribution < -0.4 is 10.1 Å². The summed E-state index contributed by atoms with van der Waals surface area (Å²) in [7, 11) is 1.64. The summed E-state index contributed by atoms with van der Waals surface area (Å²) in [5.74, 6) is 1.51. The van der Waals surface area contributed by atoms with Crippen LogP contribution in [0, 0.1) is 0 Å². The lowest BCUT2D eigenvalue weighted by Crippen LogP contribution is -2.03. The van der Waals surface area contributed by atoms with Gasteiger partial charge < -0.3 is 9.15 Å². The monoisotopic (exact) mass is 368 g/mol. The molecule has 0 unspecified atom stereocenters. The summed E-state index contributed by atoms with van der Waals surface area (Å²) in [6.07, 6.45) is 1.73. The Bertz CT molecular complexity index is 1090. The number of benzene rings is 2. The van der Waals surface area contributed by atoms with Gasteiger partial charge in [-0.05, 0) is 42.5 Å². The summed E-state index contributed by atoms with van der Waals surface area (Å²) in [6.45, 7) is 0. The number of hydrogen-bond acceptors (Lipinski definition) is 5. The van der Waals surface area contributed by atoms with Gasteiger partial charge in [0, 0.05) is 33.6 Å². The van der Waals surface area contributed by atoms with E-state index in [1.165, 1.54) is 11.3 Å². The molecular weight excluding hydrogens is 356 g/mol. The van der Waals surface area contributed by atoms with Crippen LogP contribution >= 0.6 is 22.9 Å². The van der Waals surface area contributed by atoms with E-state index in [1.54, 1.807) is 19.4 Å². The van der Waals surface area contributed by atoms with Crippen LogP contribution in [0.25, 0.3) is 22.3 Å². The summed E-state index contributed by atoms with van der Waals surface area (Å²) in [6, 6.07) is 15.1. The van der Waals surface area contributed by atoms with E-state index in [-0.39, 0.29) is 0 Å². The van der Waals surface area contributed by atoms with Gasteiger partial charge in [-0.3, -0.25) is 0 Å². The predicted octanol–water partition coefficient (Wildman–Crippen LogP) is 5.45. The van der Waals surface area contributed by atoms with Crippen molar-refractivity contribution in [1.29, 1.82) is 0 Å². The molecule has 0 bridgehead atoms. The number of ether oxygens (including phenoxy) is 1. The summed E-state index contributed by atoms with van der Waals surface area (Å²) in [4.78, 5) is 8.89. The van der Waals surface area contributed by atoms with Crippen LogP contribution in [0.2, 0.25) is 5.02 Å². The largest absolute Gasteiger partial charge is 0.497 e. The van der Waals surface area contributed by atoms with Crippen LogP contribution in [0.1, 0.15) is 0 Å². The van der Waals surface area contributed by atoms with Crippen LogP contribution in [0.5, 0.6) is 5.75 Å². The second kappa shape index (κ2) is 6.70. The quantitative estimate of drug-likeness (QED) is 0.483.